The van der Waals surface area contributed by atoms with Crippen LogP contribution in [-0.4, -0.2) is 28.2 Å². The van der Waals surface area contributed by atoms with Crippen LogP contribution in [0.3, 0.4) is 0 Å². The summed E-state index contributed by atoms with van der Waals surface area (Å²) in [6.07, 6.45) is -4.49. The highest BCUT2D eigenvalue weighted by molar-refractivity contribution is 8.93. The Morgan fingerprint density at radius 3 is 1.97 bits per heavy atom. The first-order valence-electron chi connectivity index (χ1n) is 10.5. The van der Waals surface area contributed by atoms with E-state index in [0.717, 1.165) is 12.1 Å². The molecule has 2 N–H and O–H groups in total. The Morgan fingerprint density at radius 1 is 1.00 bits per heavy atom. The molecule has 8 heteroatoms. The maximum absolute atomic E-state index is 13.2. The molecule has 0 spiro atoms. The third kappa shape index (κ3) is 5.42. The zero-order valence-corrected chi connectivity index (χ0v) is 21.4. The number of hydrogen-bond acceptors (Lipinski definition) is 3. The van der Waals surface area contributed by atoms with Gasteiger partial charge in [-0.3, -0.25) is 10.2 Å². The summed E-state index contributed by atoms with van der Waals surface area (Å²) in [4.78, 5) is 14.7. The lowest BCUT2D eigenvalue weighted by molar-refractivity contribution is -0.137. The van der Waals surface area contributed by atoms with E-state index in [9.17, 15) is 23.1 Å². The number of nitrogens with zero attached hydrogens (tertiary/aromatic N) is 1. The molecule has 3 rings (SSSR count). The molecule has 4 nitrogen and oxygen atoms in total. The predicted octanol–water partition coefficient (Wildman–Crippen LogP) is 6.61. The zero-order valence-electron chi connectivity index (χ0n) is 19.6. The summed E-state index contributed by atoms with van der Waals surface area (Å²) < 4.78 is 39.2. The second kappa shape index (κ2) is 8.78. The van der Waals surface area contributed by atoms with Gasteiger partial charge in [-0.15, -0.1) is 17.0 Å². The number of halogens is 4. The summed E-state index contributed by atoms with van der Waals surface area (Å²) in [6, 6.07) is 6.71. The highest BCUT2D eigenvalue weighted by Gasteiger charge is 2.34. The molecule has 0 radical (unpaired) electrons. The van der Waals surface area contributed by atoms with E-state index in [1.807, 2.05) is 41.5 Å². The van der Waals surface area contributed by atoms with Crippen LogP contribution >= 0.6 is 17.0 Å². The Bertz CT molecular complexity index is 1060. The average molecular weight is 527 g/mol. The lowest BCUT2D eigenvalue weighted by Gasteiger charge is -2.28. The van der Waals surface area contributed by atoms with Gasteiger partial charge in [0.25, 0.3) is 0 Å². The first-order valence-corrected chi connectivity index (χ1v) is 10.5. The monoisotopic (exact) mass is 526 g/mol. The summed E-state index contributed by atoms with van der Waals surface area (Å²) in [5.74, 6) is -0.178. The van der Waals surface area contributed by atoms with Gasteiger partial charge in [-0.05, 0) is 40.7 Å². The molecule has 0 unspecified atom stereocenters. The van der Waals surface area contributed by atoms with Gasteiger partial charge in [0.1, 0.15) is 11.6 Å². The molecule has 0 atom stereocenters. The van der Waals surface area contributed by atoms with Crippen LogP contribution in [0.2, 0.25) is 0 Å². The smallest absolute Gasteiger partial charge is 0.416 e. The van der Waals surface area contributed by atoms with E-state index in [1.54, 1.807) is 12.1 Å². The first kappa shape index (κ1) is 26.9. The van der Waals surface area contributed by atoms with Crippen LogP contribution in [0.15, 0.2) is 30.3 Å². The summed E-state index contributed by atoms with van der Waals surface area (Å²) >= 11 is 0. The summed E-state index contributed by atoms with van der Waals surface area (Å²) in [7, 11) is 0. The van der Waals surface area contributed by atoms with Gasteiger partial charge in [0, 0.05) is 28.8 Å². The fourth-order valence-electron chi connectivity index (χ4n) is 3.90. The summed E-state index contributed by atoms with van der Waals surface area (Å²) in [5.41, 5.74) is 0.910. The third-order valence-corrected chi connectivity index (χ3v) is 5.75. The second-order valence-electron chi connectivity index (χ2n) is 10.4. The van der Waals surface area contributed by atoms with Crippen LogP contribution in [0.25, 0.3) is 0 Å². The van der Waals surface area contributed by atoms with Crippen LogP contribution in [0.1, 0.15) is 79.7 Å². The van der Waals surface area contributed by atoms with Crippen LogP contribution in [-0.2, 0) is 23.6 Å². The van der Waals surface area contributed by atoms with Gasteiger partial charge in [0.15, 0.2) is 5.78 Å². The number of carbonyl (C=O) groups is 1. The Labute approximate surface area is 203 Å². The minimum Gasteiger partial charge on any atom is -0.507 e. The van der Waals surface area contributed by atoms with Gasteiger partial charge in [0.05, 0.1) is 12.1 Å². The molecule has 0 aliphatic carbocycles. The SMILES string of the molecule is Br.CC(C)(C)c1cc(C(=O)CN2Cc3ccc(C(F)(F)F)cc3C2=N)cc(C(C)(C)C)c1O. The van der Waals surface area contributed by atoms with Crippen molar-refractivity contribution in [2.45, 2.75) is 65.1 Å². The molecule has 1 aliphatic rings. The van der Waals surface area contributed by atoms with Crippen molar-refractivity contribution >= 4 is 28.6 Å². The topological polar surface area (TPSA) is 64.4 Å². The van der Waals surface area contributed by atoms with E-state index < -0.39 is 22.6 Å². The number of amidine groups is 1. The zero-order chi connectivity index (χ0) is 24.2. The number of benzene rings is 2. The normalized spacial score (nSPS) is 14.2. The molecule has 0 aromatic heterocycles. The van der Waals surface area contributed by atoms with E-state index in [-0.39, 0.29) is 53.0 Å². The number of alkyl halides is 3. The van der Waals surface area contributed by atoms with Crippen molar-refractivity contribution in [1.82, 2.24) is 4.90 Å². The molecule has 1 aliphatic heterocycles. The molecule has 1 heterocycles. The van der Waals surface area contributed by atoms with E-state index in [2.05, 4.69) is 0 Å². The Balaban J connectivity index is 0.00000385. The molecule has 2 aromatic rings. The Morgan fingerprint density at radius 2 is 1.52 bits per heavy atom. The molecule has 180 valence electrons. The standard InChI is InChI=1S/C25H29F3N2O2.BrH/c1-23(2,3)18-9-15(10-19(21(18)32)24(4,5)6)20(31)13-30-12-14-7-8-16(25(26,27)28)11-17(14)22(30)29;/h7-11,29,32H,12-13H2,1-6H3;1H. The van der Waals surface area contributed by atoms with Crippen molar-refractivity contribution in [3.8, 4) is 5.75 Å². The minimum absolute atomic E-state index is 0. The molecule has 33 heavy (non-hydrogen) atoms. The third-order valence-electron chi connectivity index (χ3n) is 5.75. The molecular formula is C25H30BrF3N2O2. The number of Topliss-reactive ketones (excluding diaryl/α,β-unsaturated/α-hetero) is 1. The molecule has 0 saturated heterocycles. The Hall–Kier alpha value is -2.35. The number of phenols is 1. The molecule has 0 fully saturated rings. The lowest BCUT2D eigenvalue weighted by atomic mass is 9.78. The number of ketones is 1. The van der Waals surface area contributed by atoms with E-state index in [1.165, 1.54) is 11.0 Å². The quantitative estimate of drug-likeness (QED) is 0.442. The maximum Gasteiger partial charge on any atom is 0.416 e. The van der Waals surface area contributed by atoms with Crippen molar-refractivity contribution < 1.29 is 23.1 Å². The molecule has 0 saturated carbocycles. The van der Waals surface area contributed by atoms with Gasteiger partial charge in [-0.2, -0.15) is 13.2 Å². The van der Waals surface area contributed by atoms with Gasteiger partial charge < -0.3 is 10.0 Å². The van der Waals surface area contributed by atoms with Crippen LogP contribution in [0.5, 0.6) is 5.75 Å². The van der Waals surface area contributed by atoms with Crippen LogP contribution < -0.4 is 0 Å². The fourth-order valence-corrected chi connectivity index (χ4v) is 3.90. The fraction of sp³-hybridized carbons (Fsp3) is 0.440. The number of nitrogens with one attached hydrogen (secondary N) is 1. The summed E-state index contributed by atoms with van der Waals surface area (Å²) in [5, 5.41) is 19.2. The highest BCUT2D eigenvalue weighted by atomic mass is 79.9. The van der Waals surface area contributed by atoms with Crippen molar-refractivity contribution in [2.75, 3.05) is 6.54 Å². The number of fused-ring (bicyclic) bond motifs is 1. The van der Waals surface area contributed by atoms with Gasteiger partial charge in [-0.1, -0.05) is 47.6 Å². The number of carbonyl (C=O) groups excluding carboxylic acids is 1. The maximum atomic E-state index is 13.2. The first-order chi connectivity index (χ1) is 14.5. The van der Waals surface area contributed by atoms with Gasteiger partial charge >= 0.3 is 6.18 Å². The highest BCUT2D eigenvalue weighted by Crippen LogP contribution is 2.40. The van der Waals surface area contributed by atoms with Crippen LogP contribution in [0.4, 0.5) is 13.2 Å². The van der Waals surface area contributed by atoms with E-state index >= 15 is 0 Å². The number of phenolic OH excluding ortho intramolecular Hbond substituents is 1. The number of rotatable bonds is 3. The van der Waals surface area contributed by atoms with E-state index in [4.69, 9.17) is 5.41 Å². The number of hydrogen-bond donors (Lipinski definition) is 2. The number of aromatic hydroxyl groups is 1. The predicted molar refractivity (Wildman–Crippen MR) is 129 cm³/mol. The molecule has 0 amide bonds. The molecular weight excluding hydrogens is 497 g/mol. The lowest BCUT2D eigenvalue weighted by Crippen LogP contribution is -2.30. The van der Waals surface area contributed by atoms with Crippen LogP contribution in [0, 0.1) is 5.41 Å². The molecule has 0 bridgehead atoms. The van der Waals surface area contributed by atoms with Gasteiger partial charge in [-0.25, -0.2) is 0 Å². The average Bonchev–Trinajstić information content (AvgIpc) is 2.94. The van der Waals surface area contributed by atoms with Crippen molar-refractivity contribution in [3.63, 3.8) is 0 Å². The van der Waals surface area contributed by atoms with E-state index in [0.29, 0.717) is 22.3 Å². The van der Waals surface area contributed by atoms with Crippen molar-refractivity contribution in [2.24, 2.45) is 0 Å². The molecule has 2 aromatic carbocycles. The van der Waals surface area contributed by atoms with Crippen molar-refractivity contribution in [1.29, 1.82) is 5.41 Å². The van der Waals surface area contributed by atoms with Gasteiger partial charge in [0.2, 0.25) is 0 Å². The second-order valence-corrected chi connectivity index (χ2v) is 10.4. The minimum atomic E-state index is -4.49. The summed E-state index contributed by atoms with van der Waals surface area (Å²) in [6.45, 7) is 11.8. The van der Waals surface area contributed by atoms with Crippen molar-refractivity contribution in [3.05, 3.63) is 63.7 Å². The Kier molecular flexibility index (Phi) is 7.16. The largest absolute Gasteiger partial charge is 0.507 e.